The van der Waals surface area contributed by atoms with Crippen molar-refractivity contribution in [2.75, 3.05) is 17.7 Å². The van der Waals surface area contributed by atoms with E-state index in [1.807, 2.05) is 44.2 Å². The predicted octanol–water partition coefficient (Wildman–Crippen LogP) is 4.35. The number of hydrogen-bond donors (Lipinski definition) is 2. The van der Waals surface area contributed by atoms with Crippen LogP contribution in [0.2, 0.25) is 5.02 Å². The van der Waals surface area contributed by atoms with E-state index in [1.165, 1.54) is 0 Å². The van der Waals surface area contributed by atoms with Gasteiger partial charge in [0.25, 0.3) is 5.91 Å². The highest BCUT2D eigenvalue weighted by Crippen LogP contribution is 2.38. The predicted molar refractivity (Wildman–Crippen MR) is 116 cm³/mol. The van der Waals surface area contributed by atoms with Gasteiger partial charge >= 0.3 is 0 Å². The van der Waals surface area contributed by atoms with Crippen LogP contribution in [0.3, 0.4) is 0 Å². The number of methoxy groups -OCH3 is 1. The molecule has 8 heteroatoms. The fourth-order valence-electron chi connectivity index (χ4n) is 3.54. The second kappa shape index (κ2) is 7.84. The normalized spacial score (nSPS) is 14.9. The first kappa shape index (κ1) is 20.0. The number of ether oxygens (including phenoxy) is 1. The number of rotatable bonds is 5. The quantitative estimate of drug-likeness (QED) is 0.637. The molecule has 0 saturated carbocycles. The van der Waals surface area contributed by atoms with Gasteiger partial charge in [-0.3, -0.25) is 9.59 Å². The summed E-state index contributed by atoms with van der Waals surface area (Å²) in [6.07, 6.45) is -0.0342. The van der Waals surface area contributed by atoms with E-state index in [9.17, 15) is 9.59 Å². The van der Waals surface area contributed by atoms with Gasteiger partial charge in [-0.25, -0.2) is 4.68 Å². The first-order valence-electron chi connectivity index (χ1n) is 9.47. The van der Waals surface area contributed by atoms with E-state index in [-0.39, 0.29) is 18.2 Å². The summed E-state index contributed by atoms with van der Waals surface area (Å²) in [5, 5.41) is 10.8. The number of nitrogens with zero attached hydrogens (tertiary/aromatic N) is 2. The highest BCUT2D eigenvalue weighted by atomic mass is 35.5. The van der Waals surface area contributed by atoms with Gasteiger partial charge in [-0.1, -0.05) is 29.8 Å². The third-order valence-electron chi connectivity index (χ3n) is 5.14. The van der Waals surface area contributed by atoms with Gasteiger partial charge in [0.1, 0.15) is 17.6 Å². The number of aromatic nitrogens is 2. The van der Waals surface area contributed by atoms with Crippen molar-refractivity contribution in [3.05, 3.63) is 58.7 Å². The summed E-state index contributed by atoms with van der Waals surface area (Å²) in [7, 11) is 1.61. The van der Waals surface area contributed by atoms with E-state index in [4.69, 9.17) is 16.3 Å². The van der Waals surface area contributed by atoms with Gasteiger partial charge in [0, 0.05) is 16.3 Å². The smallest absolute Gasteiger partial charge is 0.251 e. The van der Waals surface area contributed by atoms with Crippen LogP contribution in [0.4, 0.5) is 11.5 Å². The average molecular weight is 425 g/mol. The molecule has 1 atom stereocenters. The van der Waals surface area contributed by atoms with E-state index < -0.39 is 6.04 Å². The minimum atomic E-state index is -0.716. The molecule has 7 nitrogen and oxygen atoms in total. The summed E-state index contributed by atoms with van der Waals surface area (Å²) in [5.41, 5.74) is 4.02. The van der Waals surface area contributed by atoms with Crippen LogP contribution in [0.15, 0.2) is 42.5 Å². The van der Waals surface area contributed by atoms with E-state index in [1.54, 1.807) is 23.9 Å². The lowest BCUT2D eigenvalue weighted by Gasteiger charge is -2.10. The fraction of sp³-hybridized carbons (Fsp3) is 0.227. The lowest BCUT2D eigenvalue weighted by atomic mass is 10.1. The van der Waals surface area contributed by atoms with Crippen molar-refractivity contribution in [2.24, 2.45) is 0 Å². The summed E-state index contributed by atoms with van der Waals surface area (Å²) in [6.45, 7) is 3.77. The lowest BCUT2D eigenvalue weighted by Crippen LogP contribution is -2.23. The number of fused-ring (bicyclic) bond motifs is 1. The highest BCUT2D eigenvalue weighted by molar-refractivity contribution is 6.31. The summed E-state index contributed by atoms with van der Waals surface area (Å²) in [6, 6.07) is 12.1. The minimum Gasteiger partial charge on any atom is -0.497 e. The van der Waals surface area contributed by atoms with Gasteiger partial charge in [0.05, 0.1) is 19.2 Å². The Balaban J connectivity index is 1.56. The molecule has 4 rings (SSSR count). The molecule has 2 aromatic carbocycles. The Kier molecular flexibility index (Phi) is 5.22. The number of aryl methyl sites for hydroxylation is 2. The van der Waals surface area contributed by atoms with Crippen LogP contribution < -0.4 is 15.4 Å². The Labute approximate surface area is 179 Å². The van der Waals surface area contributed by atoms with Crippen molar-refractivity contribution < 1.29 is 14.3 Å². The topological polar surface area (TPSA) is 85.2 Å². The molecule has 3 aromatic rings. The molecule has 154 valence electrons. The summed E-state index contributed by atoms with van der Waals surface area (Å²) >= 11 is 6.12. The zero-order valence-electron chi connectivity index (χ0n) is 16.8. The second-order valence-corrected chi connectivity index (χ2v) is 7.61. The molecule has 0 fully saturated rings. The van der Waals surface area contributed by atoms with Gasteiger partial charge < -0.3 is 15.4 Å². The number of carbonyl (C=O) groups is 2. The molecular formula is C22H21ClN4O3. The van der Waals surface area contributed by atoms with Crippen LogP contribution in [-0.2, 0) is 9.59 Å². The van der Waals surface area contributed by atoms with E-state index >= 15 is 0 Å². The standard InChI is InChI=1S/C22H21ClN4O3/c1-12-4-7-15(10-17(12)23)24-19(28)11-18-22(29)25-21-20(13(2)26-27(18)21)14-5-8-16(30-3)9-6-14/h4-10,18H,11H2,1-3H3,(H,24,28)(H,25,29). The number of amides is 2. The monoisotopic (exact) mass is 424 g/mol. The molecule has 1 aromatic heterocycles. The molecule has 0 spiro atoms. The van der Waals surface area contributed by atoms with Gasteiger partial charge in [-0.15, -0.1) is 0 Å². The minimum absolute atomic E-state index is 0.0342. The number of nitrogens with one attached hydrogen (secondary N) is 2. The third kappa shape index (κ3) is 3.64. The Hall–Kier alpha value is -3.32. The number of carbonyl (C=O) groups excluding carboxylic acids is 2. The highest BCUT2D eigenvalue weighted by Gasteiger charge is 2.36. The van der Waals surface area contributed by atoms with Gasteiger partial charge in [-0.05, 0) is 49.2 Å². The molecule has 2 amide bonds. The molecule has 0 bridgehead atoms. The summed E-state index contributed by atoms with van der Waals surface area (Å²) in [4.78, 5) is 25.1. The van der Waals surface area contributed by atoms with Gasteiger partial charge in [0.15, 0.2) is 0 Å². The van der Waals surface area contributed by atoms with Crippen LogP contribution in [0.1, 0.15) is 23.7 Å². The molecular weight excluding hydrogens is 404 g/mol. The Morgan fingerprint density at radius 3 is 2.63 bits per heavy atom. The van der Waals surface area contributed by atoms with Crippen molar-refractivity contribution >= 4 is 34.9 Å². The molecule has 2 N–H and O–H groups in total. The van der Waals surface area contributed by atoms with Crippen LogP contribution in [0.5, 0.6) is 5.75 Å². The lowest BCUT2D eigenvalue weighted by molar-refractivity contribution is -0.123. The average Bonchev–Trinajstić information content (AvgIpc) is 3.18. The van der Waals surface area contributed by atoms with Gasteiger partial charge in [-0.2, -0.15) is 5.10 Å². The number of anilines is 2. The zero-order chi connectivity index (χ0) is 21.4. The van der Waals surface area contributed by atoms with Crippen LogP contribution >= 0.6 is 11.6 Å². The maximum atomic E-state index is 12.6. The Morgan fingerprint density at radius 1 is 1.23 bits per heavy atom. The third-order valence-corrected chi connectivity index (χ3v) is 5.55. The fourth-order valence-corrected chi connectivity index (χ4v) is 3.73. The zero-order valence-corrected chi connectivity index (χ0v) is 17.6. The van der Waals surface area contributed by atoms with E-state index in [0.29, 0.717) is 16.5 Å². The summed E-state index contributed by atoms with van der Waals surface area (Å²) in [5.74, 6) is 0.792. The van der Waals surface area contributed by atoms with Crippen LogP contribution in [0, 0.1) is 13.8 Å². The molecule has 0 radical (unpaired) electrons. The molecule has 0 saturated heterocycles. The Morgan fingerprint density at radius 2 is 1.97 bits per heavy atom. The number of halogens is 1. The Bertz CT molecular complexity index is 1140. The first-order chi connectivity index (χ1) is 14.4. The molecule has 1 aliphatic rings. The number of hydrogen-bond acceptors (Lipinski definition) is 4. The van der Waals surface area contributed by atoms with Crippen molar-refractivity contribution in [3.8, 4) is 16.9 Å². The molecule has 0 aliphatic carbocycles. The molecule has 30 heavy (non-hydrogen) atoms. The van der Waals surface area contributed by atoms with Crippen molar-refractivity contribution in [1.82, 2.24) is 9.78 Å². The van der Waals surface area contributed by atoms with Crippen molar-refractivity contribution in [1.29, 1.82) is 0 Å². The van der Waals surface area contributed by atoms with Gasteiger partial charge in [0.2, 0.25) is 5.91 Å². The van der Waals surface area contributed by atoms with Crippen molar-refractivity contribution in [2.45, 2.75) is 26.3 Å². The first-order valence-corrected chi connectivity index (χ1v) is 9.85. The maximum absolute atomic E-state index is 12.6. The van der Waals surface area contributed by atoms with Crippen LogP contribution in [0.25, 0.3) is 11.1 Å². The molecule has 1 unspecified atom stereocenters. The molecule has 1 aliphatic heterocycles. The van der Waals surface area contributed by atoms with Crippen molar-refractivity contribution in [3.63, 3.8) is 0 Å². The largest absolute Gasteiger partial charge is 0.497 e. The maximum Gasteiger partial charge on any atom is 0.251 e. The van der Waals surface area contributed by atoms with E-state index in [0.717, 1.165) is 28.1 Å². The number of benzene rings is 2. The second-order valence-electron chi connectivity index (χ2n) is 7.20. The van der Waals surface area contributed by atoms with E-state index in [2.05, 4.69) is 15.7 Å². The summed E-state index contributed by atoms with van der Waals surface area (Å²) < 4.78 is 6.80. The van der Waals surface area contributed by atoms with Crippen LogP contribution in [-0.4, -0.2) is 28.7 Å². The molecule has 2 heterocycles. The SMILES string of the molecule is COc1ccc(-c2c(C)nn3c2NC(=O)C3CC(=O)Nc2ccc(C)c(Cl)c2)cc1.